The van der Waals surface area contributed by atoms with E-state index >= 15 is 0 Å². The number of nitrogens with zero attached hydrogens (tertiary/aromatic N) is 3. The maximum Gasteiger partial charge on any atom is 0.0986 e. The number of pyridine rings is 3. The Morgan fingerprint density at radius 2 is 1.48 bits per heavy atom. The van der Waals surface area contributed by atoms with Crippen molar-refractivity contribution in [1.82, 2.24) is 15.0 Å². The van der Waals surface area contributed by atoms with Crippen LogP contribution in [0.25, 0.3) is 38.3 Å². The number of hydrogen-bond acceptors (Lipinski definition) is 3. The van der Waals surface area contributed by atoms with E-state index < -0.39 is 0 Å². The second-order valence-corrected chi connectivity index (χ2v) is 6.08. The van der Waals surface area contributed by atoms with Crippen molar-refractivity contribution in [3.63, 3.8) is 0 Å². The summed E-state index contributed by atoms with van der Waals surface area (Å²) < 4.78 is 0. The molecule has 0 saturated carbocycles. The van der Waals surface area contributed by atoms with E-state index in [2.05, 4.69) is 64.6 Å². The van der Waals surface area contributed by atoms with Crippen molar-refractivity contribution in [3.05, 3.63) is 84.9 Å². The van der Waals surface area contributed by atoms with Gasteiger partial charge >= 0.3 is 0 Å². The molecule has 4 aromatic rings. The highest BCUT2D eigenvalue weighted by atomic mass is 14.8. The summed E-state index contributed by atoms with van der Waals surface area (Å²) in [4.78, 5) is 14.1. The molecule has 0 amide bonds. The van der Waals surface area contributed by atoms with Crippen LogP contribution in [0.3, 0.4) is 0 Å². The van der Waals surface area contributed by atoms with Gasteiger partial charge in [0, 0.05) is 28.6 Å². The zero-order chi connectivity index (χ0) is 16.6. The van der Waals surface area contributed by atoms with E-state index in [-0.39, 0.29) is 0 Å². The topological polar surface area (TPSA) is 38.7 Å². The zero-order valence-electron chi connectivity index (χ0n) is 13.6. The van der Waals surface area contributed by atoms with Gasteiger partial charge in [-0.05, 0) is 42.3 Å². The predicted octanol–water partition coefficient (Wildman–Crippen LogP) is 5.23. The van der Waals surface area contributed by atoms with E-state index in [1.807, 2.05) is 24.5 Å². The van der Waals surface area contributed by atoms with Gasteiger partial charge in [0.1, 0.15) is 0 Å². The molecule has 3 nitrogen and oxygen atoms in total. The highest BCUT2D eigenvalue weighted by Crippen LogP contribution is 2.32. The fourth-order valence-corrected chi connectivity index (χ4v) is 3.39. The van der Waals surface area contributed by atoms with Gasteiger partial charge in [-0.3, -0.25) is 9.97 Å². The Hall–Kier alpha value is -3.33. The SMILES string of the molecule is C1=CCC=CC(c2ccc3c4cccnc4c4ncccc4c3n2)=C1. The van der Waals surface area contributed by atoms with Gasteiger partial charge in [0.15, 0.2) is 0 Å². The Labute approximate surface area is 145 Å². The molecule has 25 heavy (non-hydrogen) atoms. The van der Waals surface area contributed by atoms with Gasteiger partial charge in [-0.1, -0.05) is 36.4 Å². The summed E-state index contributed by atoms with van der Waals surface area (Å²) in [5, 5.41) is 3.24. The smallest absolute Gasteiger partial charge is 0.0986 e. The van der Waals surface area contributed by atoms with Gasteiger partial charge in [0.2, 0.25) is 0 Å². The number of allylic oxidation sites excluding steroid dienone is 6. The van der Waals surface area contributed by atoms with E-state index in [1.54, 1.807) is 0 Å². The molecule has 0 aliphatic heterocycles. The Balaban J connectivity index is 1.90. The van der Waals surface area contributed by atoms with Crippen LogP contribution in [0, 0.1) is 0 Å². The molecule has 3 aromatic heterocycles. The molecule has 118 valence electrons. The standard InChI is InChI=1S/C22H15N3/c1-2-4-8-15(7-3-1)19-12-11-17-16-9-5-13-23-21(16)22-18(20(17)25-19)10-6-14-24-22/h1,3-14H,2H2. The van der Waals surface area contributed by atoms with E-state index in [9.17, 15) is 0 Å². The van der Waals surface area contributed by atoms with Crippen LogP contribution in [0.15, 0.2) is 79.2 Å². The maximum atomic E-state index is 5.00. The molecule has 1 aliphatic rings. The summed E-state index contributed by atoms with van der Waals surface area (Å²) in [7, 11) is 0. The molecule has 0 spiro atoms. The van der Waals surface area contributed by atoms with Gasteiger partial charge in [-0.25, -0.2) is 4.98 Å². The van der Waals surface area contributed by atoms with E-state index in [1.165, 1.54) is 0 Å². The van der Waals surface area contributed by atoms with Crippen LogP contribution in [0.4, 0.5) is 0 Å². The second kappa shape index (κ2) is 5.64. The Morgan fingerprint density at radius 3 is 2.36 bits per heavy atom. The molecule has 0 unspecified atom stereocenters. The largest absolute Gasteiger partial charge is 0.254 e. The van der Waals surface area contributed by atoms with Gasteiger partial charge in [0.25, 0.3) is 0 Å². The Morgan fingerprint density at radius 1 is 0.720 bits per heavy atom. The van der Waals surface area contributed by atoms with Crippen molar-refractivity contribution < 1.29 is 0 Å². The molecule has 5 rings (SSSR count). The van der Waals surface area contributed by atoms with Crippen LogP contribution in [0.2, 0.25) is 0 Å². The lowest BCUT2D eigenvalue weighted by molar-refractivity contribution is 1.34. The number of hydrogen-bond donors (Lipinski definition) is 0. The van der Waals surface area contributed by atoms with E-state index in [0.29, 0.717) is 0 Å². The molecule has 0 saturated heterocycles. The van der Waals surface area contributed by atoms with E-state index in [4.69, 9.17) is 4.98 Å². The number of fused-ring (bicyclic) bond motifs is 6. The molecule has 0 N–H and O–H groups in total. The Bertz CT molecular complexity index is 1180. The molecule has 0 fully saturated rings. The lowest BCUT2D eigenvalue weighted by atomic mass is 10.0. The summed E-state index contributed by atoms with van der Waals surface area (Å²) in [5.41, 5.74) is 4.91. The summed E-state index contributed by atoms with van der Waals surface area (Å²) >= 11 is 0. The zero-order valence-corrected chi connectivity index (χ0v) is 13.6. The minimum Gasteiger partial charge on any atom is -0.254 e. The molecular weight excluding hydrogens is 306 g/mol. The van der Waals surface area contributed by atoms with Crippen molar-refractivity contribution >= 4 is 38.3 Å². The minimum atomic E-state index is 0.903. The fourth-order valence-electron chi connectivity index (χ4n) is 3.39. The first-order chi connectivity index (χ1) is 12.4. The van der Waals surface area contributed by atoms with Crippen molar-refractivity contribution in [2.24, 2.45) is 0 Å². The van der Waals surface area contributed by atoms with Gasteiger partial charge in [-0.15, -0.1) is 0 Å². The van der Waals surface area contributed by atoms with Gasteiger partial charge in [0.05, 0.1) is 22.2 Å². The van der Waals surface area contributed by atoms with Crippen molar-refractivity contribution in [2.45, 2.75) is 6.42 Å². The minimum absolute atomic E-state index is 0.903. The quantitative estimate of drug-likeness (QED) is 0.451. The normalized spacial score (nSPS) is 14.2. The molecule has 3 heterocycles. The number of rotatable bonds is 1. The van der Waals surface area contributed by atoms with Crippen molar-refractivity contribution in [2.75, 3.05) is 0 Å². The van der Waals surface area contributed by atoms with Crippen LogP contribution >= 0.6 is 0 Å². The van der Waals surface area contributed by atoms with E-state index in [0.717, 1.165) is 50.4 Å². The van der Waals surface area contributed by atoms with Crippen LogP contribution in [-0.2, 0) is 0 Å². The van der Waals surface area contributed by atoms with Crippen LogP contribution < -0.4 is 0 Å². The molecule has 1 aliphatic carbocycles. The highest BCUT2D eigenvalue weighted by Gasteiger charge is 2.12. The van der Waals surface area contributed by atoms with Crippen molar-refractivity contribution in [3.8, 4) is 0 Å². The summed E-state index contributed by atoms with van der Waals surface area (Å²) in [6.07, 6.45) is 15.2. The molecule has 0 bridgehead atoms. The lowest BCUT2D eigenvalue weighted by Gasteiger charge is -2.10. The highest BCUT2D eigenvalue weighted by molar-refractivity contribution is 6.21. The number of aromatic nitrogens is 3. The lowest BCUT2D eigenvalue weighted by Crippen LogP contribution is -1.93. The first-order valence-corrected chi connectivity index (χ1v) is 8.38. The summed E-state index contributed by atoms with van der Waals surface area (Å²) in [6.45, 7) is 0. The third-order valence-electron chi connectivity index (χ3n) is 4.56. The molecule has 3 heteroatoms. The van der Waals surface area contributed by atoms with Gasteiger partial charge in [-0.2, -0.15) is 0 Å². The molecule has 0 radical (unpaired) electrons. The number of benzene rings is 1. The third kappa shape index (κ3) is 2.24. The molecule has 1 aromatic carbocycles. The second-order valence-electron chi connectivity index (χ2n) is 6.08. The average molecular weight is 321 g/mol. The maximum absolute atomic E-state index is 5.00. The fraction of sp³-hybridized carbons (Fsp3) is 0.0455. The third-order valence-corrected chi connectivity index (χ3v) is 4.56. The first kappa shape index (κ1) is 14.1. The first-order valence-electron chi connectivity index (χ1n) is 8.38. The molecule has 0 atom stereocenters. The average Bonchev–Trinajstić information content (AvgIpc) is 2.97. The molecular formula is C22H15N3. The van der Waals surface area contributed by atoms with Crippen molar-refractivity contribution in [1.29, 1.82) is 0 Å². The summed E-state index contributed by atoms with van der Waals surface area (Å²) in [6, 6.07) is 12.3. The summed E-state index contributed by atoms with van der Waals surface area (Å²) in [5.74, 6) is 0. The Kier molecular flexibility index (Phi) is 3.17. The predicted molar refractivity (Wildman–Crippen MR) is 103 cm³/mol. The monoisotopic (exact) mass is 321 g/mol. The van der Waals surface area contributed by atoms with Gasteiger partial charge < -0.3 is 0 Å². The van der Waals surface area contributed by atoms with Crippen LogP contribution in [-0.4, -0.2) is 15.0 Å². The van der Waals surface area contributed by atoms with Crippen LogP contribution in [0.1, 0.15) is 12.1 Å². The van der Waals surface area contributed by atoms with Crippen LogP contribution in [0.5, 0.6) is 0 Å².